The van der Waals surface area contributed by atoms with E-state index in [0.717, 1.165) is 58.2 Å². The van der Waals surface area contributed by atoms with Crippen LogP contribution in [-0.2, 0) is 11.8 Å². The van der Waals surface area contributed by atoms with Gasteiger partial charge < -0.3 is 24.4 Å². The fraction of sp³-hybridized carbons (Fsp3) is 0.308. The van der Waals surface area contributed by atoms with E-state index in [4.69, 9.17) is 24.7 Å². The van der Waals surface area contributed by atoms with Crippen LogP contribution >= 0.6 is 0 Å². The minimum absolute atomic E-state index is 0.840. The lowest BCUT2D eigenvalue weighted by Gasteiger charge is -2.14. The molecule has 0 aliphatic carbocycles. The van der Waals surface area contributed by atoms with Gasteiger partial charge in [0.1, 0.15) is 11.5 Å². The summed E-state index contributed by atoms with van der Waals surface area (Å²) in [5.74, 6) is 1.56. The average Bonchev–Trinajstić information content (AvgIpc) is 3.28. The van der Waals surface area contributed by atoms with Gasteiger partial charge in [0.15, 0.2) is 23.5 Å². The Morgan fingerprint density at radius 1 is 1.09 bits per heavy atom. The molecular weight excluding hydrogens is 444 g/mol. The van der Waals surface area contributed by atoms with E-state index in [9.17, 15) is 0 Å². The van der Waals surface area contributed by atoms with Crippen molar-refractivity contribution in [2.75, 3.05) is 45.1 Å². The van der Waals surface area contributed by atoms with Gasteiger partial charge in [0.05, 0.1) is 12.7 Å². The first-order valence-corrected chi connectivity index (χ1v) is 11.1. The molecule has 1 aliphatic heterocycles. The van der Waals surface area contributed by atoms with Gasteiger partial charge >= 0.3 is 0 Å². The molecule has 35 heavy (non-hydrogen) atoms. The Bertz CT molecular complexity index is 1280. The van der Waals surface area contributed by atoms with E-state index in [-0.39, 0.29) is 0 Å². The molecule has 3 aromatic rings. The number of rotatable bonds is 5. The van der Waals surface area contributed by atoms with Crippen LogP contribution in [0.4, 0.5) is 17.3 Å². The van der Waals surface area contributed by atoms with Crippen LogP contribution in [-0.4, -0.2) is 56.8 Å². The summed E-state index contributed by atoms with van der Waals surface area (Å²) in [6.45, 7) is 3.10. The van der Waals surface area contributed by atoms with Gasteiger partial charge in [-0.05, 0) is 44.2 Å². The van der Waals surface area contributed by atoms with Gasteiger partial charge in [-0.2, -0.15) is 9.67 Å². The quantitative estimate of drug-likeness (QED) is 0.524. The van der Waals surface area contributed by atoms with Crippen LogP contribution in [0.5, 0.6) is 5.75 Å². The number of carbonyl (C=O) groups is 1. The highest BCUT2D eigenvalue weighted by molar-refractivity contribution is 6.17. The van der Waals surface area contributed by atoms with Crippen molar-refractivity contribution in [1.82, 2.24) is 9.78 Å². The Hall–Kier alpha value is -4.14. The lowest BCUT2D eigenvalue weighted by Crippen LogP contribution is -2.34. The van der Waals surface area contributed by atoms with Gasteiger partial charge in [-0.15, -0.1) is 0 Å². The molecule has 0 amide bonds. The number of aromatic nitrogens is 3. The number of carbonyl (C=O) groups excluding carboxylic acids is 1. The lowest BCUT2D eigenvalue weighted by molar-refractivity contribution is -0.577. The topological polar surface area (TPSA) is 89.9 Å². The number of carboxylic acids is 1. The predicted molar refractivity (Wildman–Crippen MR) is 136 cm³/mol. The average molecular weight is 477 g/mol. The summed E-state index contributed by atoms with van der Waals surface area (Å²) in [6, 6.07) is 14.4. The smallest absolute Gasteiger partial charge is 0.237 e. The summed E-state index contributed by atoms with van der Waals surface area (Å²) in [7, 11) is 11.7. The number of fused-ring (bicyclic) bond motifs is 1. The largest absolute Gasteiger partial charge is 0.550 e. The van der Waals surface area contributed by atoms with Crippen molar-refractivity contribution in [3.05, 3.63) is 65.5 Å². The van der Waals surface area contributed by atoms with Crippen LogP contribution < -0.4 is 24.2 Å². The zero-order chi connectivity index (χ0) is 25.9. The highest BCUT2D eigenvalue weighted by Crippen LogP contribution is 2.38. The number of hydrogen-bond acceptors (Lipinski definition) is 7. The highest BCUT2D eigenvalue weighted by atomic mass is 16.5. The number of anilines is 2. The summed E-state index contributed by atoms with van der Waals surface area (Å²) >= 11 is 0. The van der Waals surface area contributed by atoms with Crippen molar-refractivity contribution in [3.8, 4) is 5.75 Å². The molecule has 0 bridgehead atoms. The molecule has 0 atom stereocenters. The molecule has 184 valence electrons. The Labute approximate surface area is 206 Å². The molecule has 9 nitrogen and oxygen atoms in total. The zero-order valence-electron chi connectivity index (χ0n) is 21.5. The maximum Gasteiger partial charge on any atom is 0.237 e. The molecule has 1 aliphatic rings. The van der Waals surface area contributed by atoms with Crippen molar-refractivity contribution in [1.29, 1.82) is 0 Å². The van der Waals surface area contributed by atoms with Crippen LogP contribution in [0.3, 0.4) is 0 Å². The van der Waals surface area contributed by atoms with Crippen molar-refractivity contribution in [3.63, 3.8) is 0 Å². The second kappa shape index (κ2) is 10.4. The summed E-state index contributed by atoms with van der Waals surface area (Å²) in [5.41, 5.74) is 6.23. The molecule has 0 saturated heterocycles. The first-order valence-electron chi connectivity index (χ1n) is 11.1. The monoisotopic (exact) mass is 476 g/mol. The van der Waals surface area contributed by atoms with Crippen LogP contribution in [0, 0.1) is 0 Å². The molecule has 0 fully saturated rings. The Kier molecular flexibility index (Phi) is 7.58. The van der Waals surface area contributed by atoms with Gasteiger partial charge in [-0.1, -0.05) is 0 Å². The van der Waals surface area contributed by atoms with Crippen LogP contribution in [0.1, 0.15) is 25.1 Å². The van der Waals surface area contributed by atoms with Crippen LogP contribution in [0.15, 0.2) is 59.2 Å². The number of hydrogen-bond donors (Lipinski definition) is 0. The Morgan fingerprint density at radius 3 is 2.26 bits per heavy atom. The molecule has 0 unspecified atom stereocenters. The molecule has 3 heterocycles. The molecule has 9 heteroatoms. The van der Waals surface area contributed by atoms with Crippen molar-refractivity contribution >= 4 is 34.7 Å². The maximum absolute atomic E-state index is 8.89. The fourth-order valence-corrected chi connectivity index (χ4v) is 4.07. The van der Waals surface area contributed by atoms with Crippen LogP contribution in [0.25, 0.3) is 5.70 Å². The van der Waals surface area contributed by atoms with E-state index in [2.05, 4.69) is 46.9 Å². The summed E-state index contributed by atoms with van der Waals surface area (Å²) in [5, 5.41) is 13.6. The number of methoxy groups -OCH3 is 1. The van der Waals surface area contributed by atoms with E-state index < -0.39 is 5.97 Å². The van der Waals surface area contributed by atoms with E-state index in [1.807, 2.05) is 63.0 Å². The third kappa shape index (κ3) is 5.18. The van der Waals surface area contributed by atoms with Crippen molar-refractivity contribution in [2.45, 2.75) is 13.8 Å². The first kappa shape index (κ1) is 25.5. The minimum atomic E-state index is -1.08. The third-order valence-corrected chi connectivity index (χ3v) is 5.46. The molecular formula is C26H32N6O3. The number of allylic oxidation sites excluding steroid dienone is 1. The highest BCUT2D eigenvalue weighted by Gasteiger charge is 2.35. The number of aliphatic carboxylic acids is 1. The number of nitrogens with zero attached hydrogens (tertiary/aromatic N) is 6. The van der Waals surface area contributed by atoms with Gasteiger partial charge in [0.25, 0.3) is 0 Å². The molecule has 0 radical (unpaired) electrons. The van der Waals surface area contributed by atoms with Crippen molar-refractivity contribution in [2.24, 2.45) is 12.0 Å². The van der Waals surface area contributed by atoms with Gasteiger partial charge in [0, 0.05) is 58.9 Å². The predicted octanol–water partition coefficient (Wildman–Crippen LogP) is 2.02. The number of ether oxygens (including phenoxy) is 1. The normalized spacial score (nSPS) is 13.3. The molecule has 2 aromatic heterocycles. The maximum atomic E-state index is 8.89. The van der Waals surface area contributed by atoms with Crippen molar-refractivity contribution < 1.29 is 19.2 Å². The molecule has 4 rings (SSSR count). The van der Waals surface area contributed by atoms with Crippen LogP contribution in [0.2, 0.25) is 0 Å². The summed E-state index contributed by atoms with van der Waals surface area (Å²) < 4.78 is 9.42. The SMILES string of the molecule is CC(=O)[O-].COc1ccc(C2=C(C)/C(=N\c3c(N(C)C)nn(C)c3N(C)C)c3cccc[n+]32)cc1. The fourth-order valence-electron chi connectivity index (χ4n) is 4.07. The standard InChI is InChI=1S/C24H29N6O.C2H4O2/c1-16-20(25-21-23(27(2)3)26-29(6)24(21)28(4)5)19-10-8-9-15-30(19)22(16)17-11-13-18(31-7)14-12-17;1-2(3)4/h8-15H,1-7H3;1H3,(H,3,4)/q+1;/p-1. The molecule has 0 N–H and O–H groups in total. The Balaban J connectivity index is 0.000000795. The Morgan fingerprint density at radius 2 is 1.71 bits per heavy atom. The second-order valence-electron chi connectivity index (χ2n) is 8.52. The van der Waals surface area contributed by atoms with E-state index >= 15 is 0 Å². The minimum Gasteiger partial charge on any atom is -0.550 e. The number of pyridine rings is 1. The van der Waals surface area contributed by atoms with Gasteiger partial charge in [-0.25, -0.2) is 9.67 Å². The zero-order valence-corrected chi connectivity index (χ0v) is 21.5. The summed E-state index contributed by atoms with van der Waals surface area (Å²) in [4.78, 5) is 18.1. The lowest BCUT2D eigenvalue weighted by atomic mass is 10.1. The molecule has 1 aromatic carbocycles. The third-order valence-electron chi connectivity index (χ3n) is 5.46. The summed E-state index contributed by atoms with van der Waals surface area (Å²) in [6.07, 6.45) is 2.09. The number of aryl methyl sites for hydroxylation is 1. The van der Waals surface area contributed by atoms with E-state index in [1.54, 1.807) is 7.11 Å². The van der Waals surface area contributed by atoms with Gasteiger partial charge in [-0.3, -0.25) is 0 Å². The molecule has 0 saturated carbocycles. The van der Waals surface area contributed by atoms with E-state index in [1.165, 1.54) is 0 Å². The van der Waals surface area contributed by atoms with E-state index in [0.29, 0.717) is 0 Å². The number of carboxylic acid groups (broad SMARTS) is 1. The second-order valence-corrected chi connectivity index (χ2v) is 8.52. The first-order chi connectivity index (χ1) is 16.6. The number of benzene rings is 1. The number of aliphatic imine (C=N–C) groups is 1. The molecule has 0 spiro atoms. The van der Waals surface area contributed by atoms with Gasteiger partial charge in [0.2, 0.25) is 11.4 Å².